The number of hydrogen-bond acceptors (Lipinski definition) is 0. The van der Waals surface area contributed by atoms with E-state index in [1.807, 2.05) is 0 Å². The number of rotatable bonds is 2. The van der Waals surface area contributed by atoms with Gasteiger partial charge in [0.05, 0.1) is 0 Å². The lowest BCUT2D eigenvalue weighted by atomic mass is 9.85. The molecule has 0 aromatic heterocycles. The fraction of sp³-hybridized carbons (Fsp3) is 0.786. The lowest BCUT2D eigenvalue weighted by Gasteiger charge is -2.21. The summed E-state index contributed by atoms with van der Waals surface area (Å²) in [5.41, 5.74) is 1.65. The van der Waals surface area contributed by atoms with Crippen LogP contribution in [0.2, 0.25) is 0 Å². The molecule has 79 valence electrons. The summed E-state index contributed by atoms with van der Waals surface area (Å²) in [6.07, 6.45) is 19.3. The fourth-order valence-electron chi connectivity index (χ4n) is 2.79. The summed E-state index contributed by atoms with van der Waals surface area (Å²) < 4.78 is 0. The van der Waals surface area contributed by atoms with Crippen molar-refractivity contribution in [3.05, 3.63) is 18.1 Å². The van der Waals surface area contributed by atoms with Crippen molar-refractivity contribution in [2.75, 3.05) is 0 Å². The smallest absolute Gasteiger partial charge is 0.0138 e. The first-order valence-corrected chi connectivity index (χ1v) is 6.47. The Hall–Kier alpha value is -0.260. The maximum absolute atomic E-state index is 2.54. The Morgan fingerprint density at radius 3 is 2.64 bits per heavy atom. The van der Waals surface area contributed by atoms with Crippen molar-refractivity contribution in [2.24, 2.45) is 5.92 Å². The van der Waals surface area contributed by atoms with Gasteiger partial charge in [-0.05, 0) is 38.0 Å². The Labute approximate surface area is 88.8 Å². The lowest BCUT2D eigenvalue weighted by Crippen LogP contribution is -2.05. The van der Waals surface area contributed by atoms with Crippen molar-refractivity contribution >= 4 is 0 Å². The molecular weight excluding hydrogens is 168 g/mol. The average molecular weight is 191 g/mol. The topological polar surface area (TPSA) is 0 Å². The van der Waals surface area contributed by atoms with Crippen LogP contribution in [0.5, 0.6) is 0 Å². The van der Waals surface area contributed by atoms with Crippen LogP contribution in [0, 0.1) is 12.3 Å². The zero-order chi connectivity index (χ0) is 9.64. The van der Waals surface area contributed by atoms with Crippen molar-refractivity contribution in [3.8, 4) is 0 Å². The summed E-state index contributed by atoms with van der Waals surface area (Å²) >= 11 is 0. The van der Waals surface area contributed by atoms with Crippen LogP contribution in [-0.4, -0.2) is 0 Å². The summed E-state index contributed by atoms with van der Waals surface area (Å²) in [5, 5.41) is 0. The van der Waals surface area contributed by atoms with Gasteiger partial charge in [-0.1, -0.05) is 50.2 Å². The van der Waals surface area contributed by atoms with Crippen LogP contribution in [0.1, 0.15) is 64.2 Å². The standard InChI is InChI=1S/C14H23/c1-3-7-13(8-4-1)11-12-14-9-5-2-6-10-14/h7,11,14H,1-6,8-10,12H2. The monoisotopic (exact) mass is 191 g/mol. The Balaban J connectivity index is 1.73. The highest BCUT2D eigenvalue weighted by molar-refractivity contribution is 5.15. The zero-order valence-corrected chi connectivity index (χ0v) is 9.30. The minimum atomic E-state index is 1.02. The van der Waals surface area contributed by atoms with Gasteiger partial charge in [-0.3, -0.25) is 0 Å². The molecule has 0 heterocycles. The average Bonchev–Trinajstić information content (AvgIpc) is 2.29. The van der Waals surface area contributed by atoms with Gasteiger partial charge >= 0.3 is 0 Å². The molecule has 0 heteroatoms. The molecule has 2 fully saturated rings. The Kier molecular flexibility index (Phi) is 4.09. The molecule has 2 aliphatic carbocycles. The van der Waals surface area contributed by atoms with E-state index in [1.54, 1.807) is 5.57 Å². The van der Waals surface area contributed by atoms with E-state index in [4.69, 9.17) is 0 Å². The second-order valence-electron chi connectivity index (χ2n) is 4.97. The third-order valence-electron chi connectivity index (χ3n) is 3.76. The molecule has 0 aliphatic heterocycles. The third-order valence-corrected chi connectivity index (χ3v) is 3.76. The van der Waals surface area contributed by atoms with Crippen LogP contribution in [-0.2, 0) is 0 Å². The fourth-order valence-corrected chi connectivity index (χ4v) is 2.79. The van der Waals surface area contributed by atoms with Crippen LogP contribution < -0.4 is 0 Å². The summed E-state index contributed by atoms with van der Waals surface area (Å²) in [7, 11) is 0. The highest BCUT2D eigenvalue weighted by Gasteiger charge is 2.12. The largest absolute Gasteiger partial charge is 0.0848 e. The molecule has 0 unspecified atom stereocenters. The SMILES string of the molecule is [CH]1CCCCC1=CCC1CCCCC1. The first-order valence-electron chi connectivity index (χ1n) is 6.47. The molecule has 2 saturated carbocycles. The van der Waals surface area contributed by atoms with Gasteiger partial charge < -0.3 is 0 Å². The van der Waals surface area contributed by atoms with Crippen LogP contribution in [0.4, 0.5) is 0 Å². The predicted octanol–water partition coefficient (Wildman–Crippen LogP) is 4.66. The molecule has 0 spiro atoms. The summed E-state index contributed by atoms with van der Waals surface area (Å²) in [6.45, 7) is 0. The summed E-state index contributed by atoms with van der Waals surface area (Å²) in [6, 6.07) is 0. The molecule has 0 N–H and O–H groups in total. The molecule has 0 bridgehead atoms. The van der Waals surface area contributed by atoms with Crippen molar-refractivity contribution in [1.82, 2.24) is 0 Å². The van der Waals surface area contributed by atoms with Gasteiger partial charge in [0.25, 0.3) is 0 Å². The van der Waals surface area contributed by atoms with E-state index in [1.165, 1.54) is 64.2 Å². The van der Waals surface area contributed by atoms with Crippen molar-refractivity contribution in [3.63, 3.8) is 0 Å². The van der Waals surface area contributed by atoms with Crippen molar-refractivity contribution < 1.29 is 0 Å². The molecule has 0 aromatic carbocycles. The molecule has 0 amide bonds. The highest BCUT2D eigenvalue weighted by Crippen LogP contribution is 2.29. The summed E-state index contributed by atoms with van der Waals surface area (Å²) in [5.74, 6) is 1.02. The Bertz CT molecular complexity index is 176. The molecule has 0 atom stereocenters. The molecule has 0 aromatic rings. The van der Waals surface area contributed by atoms with Gasteiger partial charge in [0.15, 0.2) is 0 Å². The highest BCUT2D eigenvalue weighted by atomic mass is 14.2. The van der Waals surface area contributed by atoms with Crippen LogP contribution in [0.3, 0.4) is 0 Å². The maximum Gasteiger partial charge on any atom is -0.0138 e. The van der Waals surface area contributed by atoms with Gasteiger partial charge in [-0.15, -0.1) is 0 Å². The molecule has 2 rings (SSSR count). The first-order chi connectivity index (χ1) is 6.95. The Morgan fingerprint density at radius 1 is 1.07 bits per heavy atom. The zero-order valence-electron chi connectivity index (χ0n) is 9.30. The molecule has 2 aliphatic rings. The first kappa shape index (κ1) is 10.3. The van der Waals surface area contributed by atoms with Gasteiger partial charge in [-0.25, -0.2) is 0 Å². The van der Waals surface area contributed by atoms with E-state index >= 15 is 0 Å². The van der Waals surface area contributed by atoms with Gasteiger partial charge in [0.1, 0.15) is 0 Å². The molecule has 1 radical (unpaired) electrons. The number of allylic oxidation sites excluding steroid dienone is 2. The van der Waals surface area contributed by atoms with Crippen LogP contribution in [0.25, 0.3) is 0 Å². The molecule has 14 heavy (non-hydrogen) atoms. The quantitative estimate of drug-likeness (QED) is 0.595. The summed E-state index contributed by atoms with van der Waals surface area (Å²) in [4.78, 5) is 0. The van der Waals surface area contributed by atoms with E-state index in [0.29, 0.717) is 0 Å². The second-order valence-corrected chi connectivity index (χ2v) is 4.97. The minimum Gasteiger partial charge on any atom is -0.0848 e. The second kappa shape index (κ2) is 5.58. The van der Waals surface area contributed by atoms with E-state index < -0.39 is 0 Å². The van der Waals surface area contributed by atoms with E-state index in [-0.39, 0.29) is 0 Å². The molecular formula is C14H23. The maximum atomic E-state index is 2.54. The number of hydrogen-bond donors (Lipinski definition) is 0. The third kappa shape index (κ3) is 3.15. The predicted molar refractivity (Wildman–Crippen MR) is 62.0 cm³/mol. The molecule has 0 saturated heterocycles. The van der Waals surface area contributed by atoms with Crippen molar-refractivity contribution in [1.29, 1.82) is 0 Å². The van der Waals surface area contributed by atoms with Crippen LogP contribution in [0.15, 0.2) is 11.6 Å². The van der Waals surface area contributed by atoms with E-state index in [2.05, 4.69) is 12.5 Å². The van der Waals surface area contributed by atoms with Gasteiger partial charge in [-0.2, -0.15) is 0 Å². The minimum absolute atomic E-state index is 1.02. The van der Waals surface area contributed by atoms with E-state index in [0.717, 1.165) is 5.92 Å². The van der Waals surface area contributed by atoms with Gasteiger partial charge in [0.2, 0.25) is 0 Å². The Morgan fingerprint density at radius 2 is 1.93 bits per heavy atom. The van der Waals surface area contributed by atoms with E-state index in [9.17, 15) is 0 Å². The van der Waals surface area contributed by atoms with Gasteiger partial charge in [0, 0.05) is 0 Å². The lowest BCUT2D eigenvalue weighted by molar-refractivity contribution is 0.360. The van der Waals surface area contributed by atoms with Crippen molar-refractivity contribution in [2.45, 2.75) is 64.2 Å². The normalized spacial score (nSPS) is 28.1. The molecule has 0 nitrogen and oxygen atoms in total. The van der Waals surface area contributed by atoms with Crippen LogP contribution >= 0.6 is 0 Å².